The second kappa shape index (κ2) is 4.98. The molecule has 1 unspecified atom stereocenters. The molecule has 17 heavy (non-hydrogen) atoms. The van der Waals surface area contributed by atoms with Gasteiger partial charge in [-0.3, -0.25) is 4.98 Å². The topological polar surface area (TPSA) is 38.9 Å². The Kier molecular flexibility index (Phi) is 3.60. The maximum atomic E-state index is 6.28. The Hall–Kier alpha value is -1.19. The third-order valence-electron chi connectivity index (χ3n) is 2.81. The van der Waals surface area contributed by atoms with Gasteiger partial charge in [0, 0.05) is 16.9 Å². The minimum absolute atomic E-state index is 0.142. The fourth-order valence-electron chi connectivity index (χ4n) is 1.84. The Bertz CT molecular complexity index is 537. The molecule has 0 bridgehead atoms. The Labute approximate surface area is 110 Å². The monoisotopic (exact) mass is 290 g/mol. The summed E-state index contributed by atoms with van der Waals surface area (Å²) in [7, 11) is 0. The third kappa shape index (κ3) is 2.56. The zero-order valence-corrected chi connectivity index (χ0v) is 11.5. The normalized spacial score (nSPS) is 12.5. The van der Waals surface area contributed by atoms with Crippen LogP contribution in [0.3, 0.4) is 0 Å². The lowest BCUT2D eigenvalue weighted by Gasteiger charge is -2.15. The van der Waals surface area contributed by atoms with Crippen molar-refractivity contribution in [1.29, 1.82) is 0 Å². The summed E-state index contributed by atoms with van der Waals surface area (Å²) in [5.41, 5.74) is 10.7. The van der Waals surface area contributed by atoms with Crippen molar-refractivity contribution in [3.05, 3.63) is 63.4 Å². The number of pyridine rings is 1. The lowest BCUT2D eigenvalue weighted by molar-refractivity contribution is 0.853. The van der Waals surface area contributed by atoms with E-state index in [2.05, 4.69) is 40.0 Å². The Morgan fingerprint density at radius 1 is 1.24 bits per heavy atom. The second-order valence-electron chi connectivity index (χ2n) is 4.25. The van der Waals surface area contributed by atoms with Crippen molar-refractivity contribution in [3.63, 3.8) is 0 Å². The molecule has 0 aliphatic heterocycles. The first-order chi connectivity index (χ1) is 8.09. The van der Waals surface area contributed by atoms with Gasteiger partial charge >= 0.3 is 0 Å². The molecule has 0 aliphatic rings. The number of rotatable bonds is 2. The summed E-state index contributed by atoms with van der Waals surface area (Å²) in [5.74, 6) is 0. The molecule has 0 saturated carbocycles. The largest absolute Gasteiger partial charge is 0.320 e. The Morgan fingerprint density at radius 2 is 2.00 bits per heavy atom. The Balaban J connectivity index is 2.44. The van der Waals surface area contributed by atoms with Gasteiger partial charge < -0.3 is 5.73 Å². The van der Waals surface area contributed by atoms with Crippen LogP contribution in [-0.2, 0) is 0 Å². The van der Waals surface area contributed by atoms with Gasteiger partial charge in [-0.1, -0.05) is 40.2 Å². The fourth-order valence-corrected chi connectivity index (χ4v) is 2.35. The summed E-state index contributed by atoms with van der Waals surface area (Å²) in [6.07, 6.45) is 3.66. The van der Waals surface area contributed by atoms with Crippen LogP contribution < -0.4 is 5.73 Å². The number of nitrogens with zero attached hydrogens (tertiary/aromatic N) is 1. The number of benzene rings is 1. The van der Waals surface area contributed by atoms with Crippen molar-refractivity contribution in [2.24, 2.45) is 5.73 Å². The number of hydrogen-bond acceptors (Lipinski definition) is 2. The molecular formula is C14H15BrN2. The fraction of sp³-hybridized carbons (Fsp3) is 0.214. The average molecular weight is 291 g/mol. The highest BCUT2D eigenvalue weighted by molar-refractivity contribution is 9.10. The van der Waals surface area contributed by atoms with Crippen LogP contribution in [-0.4, -0.2) is 4.98 Å². The van der Waals surface area contributed by atoms with Crippen molar-refractivity contribution in [2.45, 2.75) is 19.9 Å². The quantitative estimate of drug-likeness (QED) is 0.919. The lowest BCUT2D eigenvalue weighted by atomic mass is 9.99. The van der Waals surface area contributed by atoms with E-state index in [1.165, 1.54) is 5.56 Å². The predicted molar refractivity (Wildman–Crippen MR) is 73.9 cm³/mol. The summed E-state index contributed by atoms with van der Waals surface area (Å²) in [5, 5.41) is 0. The van der Waals surface area contributed by atoms with Crippen LogP contribution in [0.1, 0.15) is 28.3 Å². The minimum atomic E-state index is -0.142. The molecule has 1 heterocycles. The number of aryl methyl sites for hydroxylation is 2. The molecule has 3 heteroatoms. The van der Waals surface area contributed by atoms with E-state index in [9.17, 15) is 0 Å². The molecular weight excluding hydrogens is 276 g/mol. The van der Waals surface area contributed by atoms with Crippen molar-refractivity contribution in [2.75, 3.05) is 0 Å². The van der Waals surface area contributed by atoms with Crippen molar-refractivity contribution in [1.82, 2.24) is 4.98 Å². The highest BCUT2D eigenvalue weighted by atomic mass is 79.9. The highest BCUT2D eigenvalue weighted by Gasteiger charge is 2.13. The van der Waals surface area contributed by atoms with E-state index in [4.69, 9.17) is 5.73 Å². The molecule has 0 spiro atoms. The maximum Gasteiger partial charge on any atom is 0.0578 e. The molecule has 0 aliphatic carbocycles. The molecule has 0 saturated heterocycles. The number of nitrogens with two attached hydrogens (primary N) is 1. The van der Waals surface area contributed by atoms with Crippen molar-refractivity contribution < 1.29 is 0 Å². The molecule has 0 amide bonds. The van der Waals surface area contributed by atoms with Gasteiger partial charge in [0.1, 0.15) is 0 Å². The predicted octanol–water partition coefficient (Wildman–Crippen LogP) is 3.51. The zero-order chi connectivity index (χ0) is 12.4. The molecule has 88 valence electrons. The van der Waals surface area contributed by atoms with Gasteiger partial charge in [0.05, 0.1) is 6.04 Å². The zero-order valence-electron chi connectivity index (χ0n) is 9.94. The van der Waals surface area contributed by atoms with E-state index < -0.39 is 0 Å². The molecule has 2 rings (SSSR count). The van der Waals surface area contributed by atoms with Crippen molar-refractivity contribution >= 4 is 15.9 Å². The van der Waals surface area contributed by atoms with Gasteiger partial charge in [-0.2, -0.15) is 0 Å². The number of halogens is 1. The number of hydrogen-bond donors (Lipinski definition) is 1. The molecule has 1 atom stereocenters. The first-order valence-corrected chi connectivity index (χ1v) is 6.31. The molecule has 1 aromatic heterocycles. The summed E-state index contributed by atoms with van der Waals surface area (Å²) in [6, 6.07) is 8.07. The van der Waals surface area contributed by atoms with Gasteiger partial charge in [-0.05, 0) is 36.1 Å². The van der Waals surface area contributed by atoms with E-state index in [0.717, 1.165) is 21.2 Å². The summed E-state index contributed by atoms with van der Waals surface area (Å²) < 4.78 is 1.08. The smallest absolute Gasteiger partial charge is 0.0578 e. The molecule has 1 aromatic carbocycles. The number of aromatic nitrogens is 1. The van der Waals surface area contributed by atoms with Gasteiger partial charge in [0.25, 0.3) is 0 Å². The van der Waals surface area contributed by atoms with Crippen LogP contribution in [0, 0.1) is 13.8 Å². The average Bonchev–Trinajstić information content (AvgIpc) is 2.32. The van der Waals surface area contributed by atoms with Crippen LogP contribution in [0.2, 0.25) is 0 Å². The van der Waals surface area contributed by atoms with Crippen LogP contribution in [0.4, 0.5) is 0 Å². The van der Waals surface area contributed by atoms with Gasteiger partial charge in [-0.15, -0.1) is 0 Å². The first kappa shape index (κ1) is 12.3. The van der Waals surface area contributed by atoms with Gasteiger partial charge in [-0.25, -0.2) is 0 Å². The molecule has 0 radical (unpaired) electrons. The lowest BCUT2D eigenvalue weighted by Crippen LogP contribution is -2.13. The molecule has 2 N–H and O–H groups in total. The molecule has 0 fully saturated rings. The SMILES string of the molecule is Cc1cncc(C(N)c2cccc(C)c2Br)c1. The minimum Gasteiger partial charge on any atom is -0.320 e. The Morgan fingerprint density at radius 3 is 2.71 bits per heavy atom. The van der Waals surface area contributed by atoms with E-state index in [0.29, 0.717) is 0 Å². The molecule has 2 nitrogen and oxygen atoms in total. The van der Waals surface area contributed by atoms with E-state index in [-0.39, 0.29) is 6.04 Å². The first-order valence-electron chi connectivity index (χ1n) is 5.51. The highest BCUT2D eigenvalue weighted by Crippen LogP contribution is 2.29. The summed E-state index contributed by atoms with van der Waals surface area (Å²) in [4.78, 5) is 4.19. The molecule has 2 aromatic rings. The van der Waals surface area contributed by atoms with E-state index >= 15 is 0 Å². The van der Waals surface area contributed by atoms with Crippen molar-refractivity contribution in [3.8, 4) is 0 Å². The van der Waals surface area contributed by atoms with Crippen LogP contribution in [0.5, 0.6) is 0 Å². The van der Waals surface area contributed by atoms with Crippen LogP contribution >= 0.6 is 15.9 Å². The van der Waals surface area contributed by atoms with Crippen LogP contribution in [0.25, 0.3) is 0 Å². The van der Waals surface area contributed by atoms with Gasteiger partial charge in [0.15, 0.2) is 0 Å². The van der Waals surface area contributed by atoms with E-state index in [1.54, 1.807) is 0 Å². The van der Waals surface area contributed by atoms with Crippen LogP contribution in [0.15, 0.2) is 41.1 Å². The summed E-state index contributed by atoms with van der Waals surface area (Å²) in [6.45, 7) is 4.09. The summed E-state index contributed by atoms with van der Waals surface area (Å²) >= 11 is 3.60. The standard InChI is InChI=1S/C14H15BrN2/c1-9-6-11(8-17-7-9)14(16)12-5-3-4-10(2)13(12)15/h3-8,14H,16H2,1-2H3. The van der Waals surface area contributed by atoms with E-state index in [1.807, 2.05) is 31.5 Å². The second-order valence-corrected chi connectivity index (χ2v) is 5.04. The maximum absolute atomic E-state index is 6.28. The third-order valence-corrected chi connectivity index (χ3v) is 3.90. The van der Waals surface area contributed by atoms with Gasteiger partial charge in [0.2, 0.25) is 0 Å².